The van der Waals surface area contributed by atoms with Crippen LogP contribution in [0.2, 0.25) is 0 Å². The summed E-state index contributed by atoms with van der Waals surface area (Å²) in [6.45, 7) is 0.466. The van der Waals surface area contributed by atoms with Crippen molar-refractivity contribution in [2.24, 2.45) is 5.73 Å². The van der Waals surface area contributed by atoms with E-state index >= 15 is 0 Å². The number of carboxylic acids is 2. The fraction of sp³-hybridized carbons (Fsp3) is 0.261. The van der Waals surface area contributed by atoms with Crippen LogP contribution in [0.5, 0.6) is 0 Å². The van der Waals surface area contributed by atoms with Gasteiger partial charge in [0.2, 0.25) is 5.91 Å². The van der Waals surface area contributed by atoms with Gasteiger partial charge in [-0.15, -0.1) is 0 Å². The van der Waals surface area contributed by atoms with Gasteiger partial charge in [0.1, 0.15) is 11.9 Å². The maximum Gasteiger partial charge on any atom is 0.490 e. The second kappa shape index (κ2) is 12.4. The van der Waals surface area contributed by atoms with Crippen LogP contribution in [0.1, 0.15) is 24.0 Å². The maximum atomic E-state index is 12.7. The topological polar surface area (TPSA) is 186 Å². The molecule has 7 N–H and O–H groups in total. The third-order valence-corrected chi connectivity index (χ3v) is 5.06. The van der Waals surface area contributed by atoms with Gasteiger partial charge >= 0.3 is 24.1 Å². The normalized spacial score (nSPS) is 14.8. The first kappa shape index (κ1) is 28.6. The fourth-order valence-corrected chi connectivity index (χ4v) is 3.27. The number of nitrogens with zero attached hydrogens (tertiary/aromatic N) is 1. The molecule has 2 aromatic carbocycles. The lowest BCUT2D eigenvalue weighted by Gasteiger charge is -2.18. The summed E-state index contributed by atoms with van der Waals surface area (Å²) in [6.07, 6.45) is -4.24. The lowest BCUT2D eigenvalue weighted by atomic mass is 10.1. The predicted molar refractivity (Wildman–Crippen MR) is 126 cm³/mol. The molecule has 1 unspecified atom stereocenters. The van der Waals surface area contributed by atoms with E-state index in [0.717, 1.165) is 5.56 Å². The summed E-state index contributed by atoms with van der Waals surface area (Å²) in [4.78, 5) is 46.2. The van der Waals surface area contributed by atoms with E-state index in [4.69, 9.17) is 26.2 Å². The SMILES string of the molecule is N=C(N)c1ccc(N2CCC(NC(=O)Nc3cccc(CCC(=O)O)c3)C2=O)cc1.O=C(O)C(F)(F)F. The van der Waals surface area contributed by atoms with Crippen LogP contribution in [0.4, 0.5) is 29.3 Å². The summed E-state index contributed by atoms with van der Waals surface area (Å²) in [5, 5.41) is 28.7. The van der Waals surface area contributed by atoms with Crippen LogP contribution in [0, 0.1) is 5.41 Å². The second-order valence-electron chi connectivity index (χ2n) is 7.79. The number of hydrogen-bond donors (Lipinski definition) is 6. The monoisotopic (exact) mass is 523 g/mol. The largest absolute Gasteiger partial charge is 0.490 e. The zero-order chi connectivity index (χ0) is 27.8. The number of hydrogen-bond acceptors (Lipinski definition) is 5. The Hall–Kier alpha value is -4.62. The molecule has 3 amide bonds. The molecule has 1 heterocycles. The van der Waals surface area contributed by atoms with E-state index in [1.165, 1.54) is 0 Å². The first-order chi connectivity index (χ1) is 17.3. The minimum atomic E-state index is -5.08. The fourth-order valence-electron chi connectivity index (χ4n) is 3.27. The minimum absolute atomic E-state index is 0.00938. The molecule has 11 nitrogen and oxygen atoms in total. The zero-order valence-corrected chi connectivity index (χ0v) is 19.2. The van der Waals surface area contributed by atoms with E-state index in [-0.39, 0.29) is 18.2 Å². The maximum absolute atomic E-state index is 12.7. The number of rotatable bonds is 7. The molecule has 0 spiro atoms. The van der Waals surface area contributed by atoms with Gasteiger partial charge in [0, 0.05) is 29.9 Å². The molecule has 1 atom stereocenters. The van der Waals surface area contributed by atoms with E-state index in [0.29, 0.717) is 36.3 Å². The zero-order valence-electron chi connectivity index (χ0n) is 19.2. The van der Waals surface area contributed by atoms with Crippen LogP contribution < -0.4 is 21.3 Å². The highest BCUT2D eigenvalue weighted by molar-refractivity contribution is 6.03. The lowest BCUT2D eigenvalue weighted by molar-refractivity contribution is -0.192. The number of aliphatic carboxylic acids is 2. The number of alkyl halides is 3. The van der Waals surface area contributed by atoms with Crippen molar-refractivity contribution in [2.75, 3.05) is 16.8 Å². The molecule has 1 saturated heterocycles. The van der Waals surface area contributed by atoms with Crippen molar-refractivity contribution in [1.29, 1.82) is 5.41 Å². The van der Waals surface area contributed by atoms with E-state index in [2.05, 4.69) is 10.6 Å². The molecule has 1 aliphatic heterocycles. The third-order valence-electron chi connectivity index (χ3n) is 5.06. The van der Waals surface area contributed by atoms with Crippen LogP contribution in [-0.2, 0) is 20.8 Å². The molecule has 37 heavy (non-hydrogen) atoms. The van der Waals surface area contributed by atoms with Crippen LogP contribution in [-0.4, -0.2) is 58.7 Å². The standard InChI is InChI=1S/C21H23N5O4.C2HF3O2/c22-19(23)14-5-7-16(8-6-14)26-11-10-17(20(26)29)25-21(30)24-15-3-1-2-13(12-15)4-9-18(27)28;3-2(4,5)1(6)7/h1-3,5-8,12,17H,4,9-11H2,(H3,22,23)(H,27,28)(H2,24,25,30);(H,6,7). The quantitative estimate of drug-likeness (QED) is 0.238. The smallest absolute Gasteiger partial charge is 0.481 e. The molecule has 0 aliphatic carbocycles. The second-order valence-corrected chi connectivity index (χ2v) is 7.79. The van der Waals surface area contributed by atoms with E-state index in [1.54, 1.807) is 53.4 Å². The summed E-state index contributed by atoms with van der Waals surface area (Å²) in [6, 6.07) is 12.6. The molecule has 14 heteroatoms. The molecular formula is C23H24F3N5O6. The Labute approximate surface area is 208 Å². The Morgan fingerprint density at radius 3 is 2.27 bits per heavy atom. The number of benzene rings is 2. The number of anilines is 2. The number of carbonyl (C=O) groups is 4. The van der Waals surface area contributed by atoms with E-state index < -0.39 is 30.2 Å². The summed E-state index contributed by atoms with van der Waals surface area (Å²) in [7, 11) is 0. The number of urea groups is 1. The van der Waals surface area contributed by atoms with Gasteiger partial charge in [-0.1, -0.05) is 12.1 Å². The number of amidine groups is 1. The van der Waals surface area contributed by atoms with Gasteiger partial charge in [0.05, 0.1) is 0 Å². The molecule has 0 aromatic heterocycles. The summed E-state index contributed by atoms with van der Waals surface area (Å²) >= 11 is 0. The Balaban J connectivity index is 0.000000604. The summed E-state index contributed by atoms with van der Waals surface area (Å²) in [5.41, 5.74) is 8.03. The molecule has 0 bridgehead atoms. The number of carbonyl (C=O) groups excluding carboxylic acids is 2. The molecule has 0 saturated carbocycles. The van der Waals surface area contributed by atoms with Gasteiger partial charge in [-0.3, -0.25) is 15.0 Å². The van der Waals surface area contributed by atoms with E-state index in [1.807, 2.05) is 0 Å². The van der Waals surface area contributed by atoms with Crippen molar-refractivity contribution < 1.29 is 42.6 Å². The molecular weight excluding hydrogens is 499 g/mol. The minimum Gasteiger partial charge on any atom is -0.481 e. The molecule has 198 valence electrons. The predicted octanol–water partition coefficient (Wildman–Crippen LogP) is 2.55. The van der Waals surface area contributed by atoms with Crippen LogP contribution >= 0.6 is 0 Å². The summed E-state index contributed by atoms with van der Waals surface area (Å²) in [5.74, 6) is -3.90. The number of nitrogens with two attached hydrogens (primary N) is 1. The van der Waals surface area contributed by atoms with Gasteiger partial charge in [0.15, 0.2) is 0 Å². The number of amides is 3. The van der Waals surface area contributed by atoms with Crippen LogP contribution in [0.25, 0.3) is 0 Å². The third kappa shape index (κ3) is 8.83. The number of nitrogen functional groups attached to an aromatic ring is 1. The average Bonchev–Trinajstić information content (AvgIpc) is 3.17. The average molecular weight is 523 g/mol. The highest BCUT2D eigenvalue weighted by Crippen LogP contribution is 2.22. The molecule has 1 fully saturated rings. The lowest BCUT2D eigenvalue weighted by Crippen LogP contribution is -2.43. The number of nitrogens with one attached hydrogen (secondary N) is 3. The van der Waals surface area contributed by atoms with Crippen molar-refractivity contribution in [2.45, 2.75) is 31.5 Å². The molecule has 2 aromatic rings. The van der Waals surface area contributed by atoms with Crippen LogP contribution in [0.15, 0.2) is 48.5 Å². The number of aryl methyl sites for hydroxylation is 1. The van der Waals surface area contributed by atoms with Crippen LogP contribution in [0.3, 0.4) is 0 Å². The van der Waals surface area contributed by atoms with Gasteiger partial charge in [-0.05, 0) is 54.8 Å². The highest BCUT2D eigenvalue weighted by atomic mass is 19.4. The van der Waals surface area contributed by atoms with Crippen molar-refractivity contribution >= 4 is 41.1 Å². The Bertz CT molecular complexity index is 1170. The molecule has 3 rings (SSSR count). The first-order valence-electron chi connectivity index (χ1n) is 10.7. The van der Waals surface area contributed by atoms with Gasteiger partial charge in [0.25, 0.3) is 0 Å². The van der Waals surface area contributed by atoms with Crippen molar-refractivity contribution in [3.63, 3.8) is 0 Å². The van der Waals surface area contributed by atoms with E-state index in [9.17, 15) is 27.6 Å². The summed E-state index contributed by atoms with van der Waals surface area (Å²) < 4.78 is 31.7. The Morgan fingerprint density at radius 1 is 1.11 bits per heavy atom. The highest BCUT2D eigenvalue weighted by Gasteiger charge is 2.38. The molecule has 1 aliphatic rings. The number of carboxylic acid groups (broad SMARTS) is 2. The number of halogens is 3. The van der Waals surface area contributed by atoms with Gasteiger partial charge in [-0.2, -0.15) is 13.2 Å². The molecule has 0 radical (unpaired) electrons. The van der Waals surface area contributed by atoms with Crippen molar-refractivity contribution in [3.8, 4) is 0 Å². The van der Waals surface area contributed by atoms with Gasteiger partial charge in [-0.25, -0.2) is 9.59 Å². The van der Waals surface area contributed by atoms with Crippen molar-refractivity contribution in [3.05, 3.63) is 59.7 Å². The van der Waals surface area contributed by atoms with Gasteiger partial charge < -0.3 is 31.5 Å². The first-order valence-corrected chi connectivity index (χ1v) is 10.7. The Kier molecular flexibility index (Phi) is 9.57. The Morgan fingerprint density at radius 2 is 1.73 bits per heavy atom. The van der Waals surface area contributed by atoms with Crippen molar-refractivity contribution in [1.82, 2.24) is 5.32 Å².